The van der Waals surface area contributed by atoms with Gasteiger partial charge in [0.15, 0.2) is 0 Å². The number of anilines is 1. The lowest BCUT2D eigenvalue weighted by Gasteiger charge is -2.21. The van der Waals surface area contributed by atoms with E-state index in [1.807, 2.05) is 0 Å². The summed E-state index contributed by atoms with van der Waals surface area (Å²) in [7, 11) is 0. The van der Waals surface area contributed by atoms with Crippen molar-refractivity contribution in [2.45, 2.75) is 31.9 Å². The molecule has 5 heteroatoms. The van der Waals surface area contributed by atoms with Crippen LogP contribution in [0.2, 0.25) is 0 Å². The van der Waals surface area contributed by atoms with E-state index >= 15 is 0 Å². The number of rotatable bonds is 2. The molecule has 2 nitrogen and oxygen atoms in total. The van der Waals surface area contributed by atoms with Crippen LogP contribution < -0.4 is 5.32 Å². The van der Waals surface area contributed by atoms with Gasteiger partial charge in [-0.25, -0.2) is 0 Å². The van der Waals surface area contributed by atoms with Crippen molar-refractivity contribution in [3.8, 4) is 0 Å². The molecule has 2 aliphatic rings. The number of benzene rings is 1. The van der Waals surface area contributed by atoms with Crippen LogP contribution in [0, 0.1) is 17.8 Å². The van der Waals surface area contributed by atoms with Crippen molar-refractivity contribution in [2.75, 3.05) is 5.32 Å². The molecule has 0 aromatic heterocycles. The van der Waals surface area contributed by atoms with Crippen molar-refractivity contribution >= 4 is 11.6 Å². The van der Waals surface area contributed by atoms with E-state index in [0.29, 0.717) is 11.8 Å². The van der Waals surface area contributed by atoms with Crippen LogP contribution in [0.15, 0.2) is 24.3 Å². The van der Waals surface area contributed by atoms with Crippen molar-refractivity contribution in [3.05, 3.63) is 29.8 Å². The summed E-state index contributed by atoms with van der Waals surface area (Å²) >= 11 is 0. The SMILES string of the molecule is O=C(Nc1cccc(C(F)(F)F)c1)[C@@H]1C[C@H]2CC[C@H]1C2. The Morgan fingerprint density at radius 1 is 1.20 bits per heavy atom. The Morgan fingerprint density at radius 3 is 2.60 bits per heavy atom. The minimum Gasteiger partial charge on any atom is -0.326 e. The highest BCUT2D eigenvalue weighted by Crippen LogP contribution is 2.48. The summed E-state index contributed by atoms with van der Waals surface area (Å²) in [5.74, 6) is 0.905. The Labute approximate surface area is 115 Å². The monoisotopic (exact) mass is 283 g/mol. The maximum Gasteiger partial charge on any atom is 0.416 e. The standard InChI is InChI=1S/C15H16F3NO/c16-15(17,18)11-2-1-3-12(8-11)19-14(20)13-7-9-4-5-10(13)6-9/h1-3,8-10,13H,4-7H2,(H,19,20)/t9-,10-,13+/m0/s1. The van der Waals surface area contributed by atoms with Gasteiger partial charge in [0.2, 0.25) is 5.91 Å². The normalized spacial score (nSPS) is 28.6. The van der Waals surface area contributed by atoms with Crippen molar-refractivity contribution in [1.29, 1.82) is 0 Å². The number of carbonyl (C=O) groups is 1. The second kappa shape index (κ2) is 4.79. The number of amides is 1. The number of hydrogen-bond donors (Lipinski definition) is 1. The van der Waals surface area contributed by atoms with Gasteiger partial charge in [0.05, 0.1) is 5.56 Å². The van der Waals surface area contributed by atoms with Gasteiger partial charge in [-0.1, -0.05) is 12.5 Å². The molecule has 0 heterocycles. The van der Waals surface area contributed by atoms with Crippen molar-refractivity contribution in [3.63, 3.8) is 0 Å². The first-order valence-corrected chi connectivity index (χ1v) is 6.91. The predicted molar refractivity (Wildman–Crippen MR) is 69.0 cm³/mol. The third-order valence-corrected chi connectivity index (χ3v) is 4.53. The summed E-state index contributed by atoms with van der Waals surface area (Å²) in [5, 5.41) is 2.64. The summed E-state index contributed by atoms with van der Waals surface area (Å²) < 4.78 is 37.8. The Bertz CT molecular complexity index is 526. The zero-order chi connectivity index (χ0) is 14.3. The van der Waals surface area contributed by atoms with E-state index in [1.165, 1.54) is 18.6 Å². The lowest BCUT2D eigenvalue weighted by Crippen LogP contribution is -2.27. The second-order valence-corrected chi connectivity index (χ2v) is 5.85. The van der Waals surface area contributed by atoms with Crippen LogP contribution in [-0.4, -0.2) is 5.91 Å². The fraction of sp³-hybridized carbons (Fsp3) is 0.533. The van der Waals surface area contributed by atoms with Crippen LogP contribution in [0.1, 0.15) is 31.2 Å². The van der Waals surface area contributed by atoms with Crippen LogP contribution in [-0.2, 0) is 11.0 Å². The summed E-state index contributed by atoms with van der Waals surface area (Å²) in [5.41, 5.74) is -0.504. The number of hydrogen-bond acceptors (Lipinski definition) is 1. The highest BCUT2D eigenvalue weighted by Gasteiger charge is 2.43. The zero-order valence-electron chi connectivity index (χ0n) is 10.9. The summed E-state index contributed by atoms with van der Waals surface area (Å²) in [6.07, 6.45) is -0.132. The lowest BCUT2D eigenvalue weighted by atomic mass is 9.88. The largest absolute Gasteiger partial charge is 0.416 e. The van der Waals surface area contributed by atoms with Crippen LogP contribution in [0.5, 0.6) is 0 Å². The molecule has 2 aliphatic carbocycles. The van der Waals surface area contributed by atoms with Gasteiger partial charge in [0.25, 0.3) is 0 Å². The quantitative estimate of drug-likeness (QED) is 0.870. The third kappa shape index (κ3) is 2.53. The minimum absolute atomic E-state index is 0.0247. The van der Waals surface area contributed by atoms with E-state index < -0.39 is 11.7 Å². The van der Waals surface area contributed by atoms with Gasteiger partial charge in [-0.3, -0.25) is 4.79 Å². The molecule has 2 bridgehead atoms. The average molecular weight is 283 g/mol. The van der Waals surface area contributed by atoms with E-state index in [-0.39, 0.29) is 17.5 Å². The predicted octanol–water partition coefficient (Wildman–Crippen LogP) is 4.08. The number of fused-ring (bicyclic) bond motifs is 2. The van der Waals surface area contributed by atoms with Crippen molar-refractivity contribution in [1.82, 2.24) is 0 Å². The fourth-order valence-corrected chi connectivity index (χ4v) is 3.57. The fourth-order valence-electron chi connectivity index (χ4n) is 3.57. The number of carbonyl (C=O) groups excluding carboxylic acids is 1. The van der Waals surface area contributed by atoms with E-state index in [9.17, 15) is 18.0 Å². The Hall–Kier alpha value is -1.52. The van der Waals surface area contributed by atoms with Gasteiger partial charge >= 0.3 is 6.18 Å². The molecule has 1 N–H and O–H groups in total. The first-order valence-electron chi connectivity index (χ1n) is 6.91. The zero-order valence-corrected chi connectivity index (χ0v) is 10.9. The molecule has 3 atom stereocenters. The molecule has 2 fully saturated rings. The molecular formula is C15H16F3NO. The summed E-state index contributed by atoms with van der Waals surface area (Å²) in [6.45, 7) is 0. The molecule has 108 valence electrons. The van der Waals surface area contributed by atoms with Gasteiger partial charge in [-0.05, 0) is 49.3 Å². The lowest BCUT2D eigenvalue weighted by molar-refractivity contribution is -0.137. The average Bonchev–Trinajstić information content (AvgIpc) is 3.00. The molecule has 1 aromatic carbocycles. The van der Waals surface area contributed by atoms with E-state index in [1.54, 1.807) is 0 Å². The molecule has 2 saturated carbocycles. The van der Waals surface area contributed by atoms with E-state index in [4.69, 9.17) is 0 Å². The third-order valence-electron chi connectivity index (χ3n) is 4.53. The van der Waals surface area contributed by atoms with E-state index in [2.05, 4.69) is 5.32 Å². The number of nitrogens with one attached hydrogen (secondary N) is 1. The highest BCUT2D eigenvalue weighted by molar-refractivity contribution is 5.93. The molecule has 0 radical (unpaired) electrons. The van der Waals surface area contributed by atoms with Crippen LogP contribution >= 0.6 is 0 Å². The minimum atomic E-state index is -4.38. The van der Waals surface area contributed by atoms with Crippen LogP contribution in [0.3, 0.4) is 0 Å². The smallest absolute Gasteiger partial charge is 0.326 e. The van der Waals surface area contributed by atoms with E-state index in [0.717, 1.165) is 31.4 Å². The van der Waals surface area contributed by atoms with Crippen LogP contribution in [0.25, 0.3) is 0 Å². The van der Waals surface area contributed by atoms with Gasteiger partial charge in [-0.15, -0.1) is 0 Å². The van der Waals surface area contributed by atoms with Gasteiger partial charge in [-0.2, -0.15) is 13.2 Å². The Balaban J connectivity index is 1.70. The van der Waals surface area contributed by atoms with Crippen LogP contribution in [0.4, 0.5) is 18.9 Å². The molecule has 20 heavy (non-hydrogen) atoms. The van der Waals surface area contributed by atoms with Crippen molar-refractivity contribution in [2.24, 2.45) is 17.8 Å². The van der Waals surface area contributed by atoms with Crippen molar-refractivity contribution < 1.29 is 18.0 Å². The molecular weight excluding hydrogens is 267 g/mol. The van der Waals surface area contributed by atoms with Gasteiger partial charge in [0, 0.05) is 11.6 Å². The first-order chi connectivity index (χ1) is 9.43. The number of halogens is 3. The maximum absolute atomic E-state index is 12.6. The maximum atomic E-state index is 12.6. The Morgan fingerprint density at radius 2 is 2.00 bits per heavy atom. The van der Waals surface area contributed by atoms with Gasteiger partial charge in [0.1, 0.15) is 0 Å². The molecule has 0 aliphatic heterocycles. The number of alkyl halides is 3. The first kappa shape index (κ1) is 13.5. The molecule has 0 saturated heterocycles. The highest BCUT2D eigenvalue weighted by atomic mass is 19.4. The summed E-state index contributed by atoms with van der Waals surface area (Å²) in [4.78, 5) is 12.2. The molecule has 1 amide bonds. The molecule has 0 spiro atoms. The Kier molecular flexibility index (Phi) is 3.22. The molecule has 1 aromatic rings. The molecule has 0 unspecified atom stereocenters. The molecule has 3 rings (SSSR count). The van der Waals surface area contributed by atoms with Gasteiger partial charge < -0.3 is 5.32 Å². The second-order valence-electron chi connectivity index (χ2n) is 5.85. The summed E-state index contributed by atoms with van der Waals surface area (Å²) in [6, 6.07) is 4.82. The topological polar surface area (TPSA) is 29.1 Å².